The maximum absolute atomic E-state index is 11.1. The number of pyridine rings is 1. The molecule has 1 saturated carbocycles. The molecular formula is C16H24N2O3. The molecule has 3 unspecified atom stereocenters. The number of nitrogen functional groups attached to an aromatic ring is 1. The van der Waals surface area contributed by atoms with Crippen LogP contribution in [-0.4, -0.2) is 22.2 Å². The summed E-state index contributed by atoms with van der Waals surface area (Å²) in [6, 6.07) is 1.42. The van der Waals surface area contributed by atoms with Crippen LogP contribution in [0.4, 0.5) is 5.69 Å². The second kappa shape index (κ2) is 6.33. The molecule has 116 valence electrons. The molecule has 0 spiro atoms. The van der Waals surface area contributed by atoms with Crippen LogP contribution in [0, 0.1) is 17.8 Å². The number of carboxylic acid groups (broad SMARTS) is 1. The lowest BCUT2D eigenvalue weighted by atomic mass is 9.75. The third kappa shape index (κ3) is 3.65. The van der Waals surface area contributed by atoms with E-state index in [2.05, 4.69) is 25.8 Å². The molecule has 5 nitrogen and oxygen atoms in total. The number of rotatable bonds is 4. The summed E-state index contributed by atoms with van der Waals surface area (Å²) in [5.74, 6) is 0.935. The van der Waals surface area contributed by atoms with Crippen LogP contribution in [-0.2, 0) is 0 Å². The van der Waals surface area contributed by atoms with Crippen molar-refractivity contribution in [3.05, 3.63) is 17.8 Å². The van der Waals surface area contributed by atoms with Gasteiger partial charge in [-0.2, -0.15) is 0 Å². The van der Waals surface area contributed by atoms with E-state index in [1.165, 1.54) is 18.7 Å². The largest absolute Gasteiger partial charge is 0.478 e. The number of carbonyl (C=O) groups is 1. The zero-order valence-electron chi connectivity index (χ0n) is 12.9. The molecule has 2 rings (SSSR count). The lowest BCUT2D eigenvalue weighted by Gasteiger charge is -2.37. The highest BCUT2D eigenvalue weighted by Crippen LogP contribution is 2.35. The van der Waals surface area contributed by atoms with Crippen LogP contribution in [0.1, 0.15) is 50.4 Å². The summed E-state index contributed by atoms with van der Waals surface area (Å²) in [5.41, 5.74) is 5.83. The average molecular weight is 292 g/mol. The molecule has 1 heterocycles. The number of carboxylic acids is 1. The molecule has 3 N–H and O–H groups in total. The van der Waals surface area contributed by atoms with Crippen LogP contribution in [0.3, 0.4) is 0 Å². The first-order valence-electron chi connectivity index (χ1n) is 7.54. The lowest BCUT2D eigenvalue weighted by Crippen LogP contribution is -2.36. The topological polar surface area (TPSA) is 85.4 Å². The van der Waals surface area contributed by atoms with Crippen molar-refractivity contribution in [3.63, 3.8) is 0 Å². The molecule has 0 aromatic carbocycles. The first kappa shape index (κ1) is 15.6. The van der Waals surface area contributed by atoms with Crippen molar-refractivity contribution >= 4 is 11.7 Å². The second-order valence-electron chi connectivity index (χ2n) is 6.40. The molecule has 3 atom stereocenters. The number of aromatic carboxylic acids is 1. The van der Waals surface area contributed by atoms with Crippen LogP contribution in [0.15, 0.2) is 12.3 Å². The summed E-state index contributed by atoms with van der Waals surface area (Å²) in [6.07, 6.45) is 4.79. The highest BCUT2D eigenvalue weighted by molar-refractivity contribution is 5.93. The minimum atomic E-state index is -1.06. The predicted molar refractivity (Wildman–Crippen MR) is 81.4 cm³/mol. The Morgan fingerprint density at radius 1 is 1.48 bits per heavy atom. The van der Waals surface area contributed by atoms with E-state index < -0.39 is 5.97 Å². The van der Waals surface area contributed by atoms with Gasteiger partial charge in [0.1, 0.15) is 6.10 Å². The Labute approximate surface area is 125 Å². The van der Waals surface area contributed by atoms with Crippen molar-refractivity contribution in [1.82, 2.24) is 4.98 Å². The molecule has 5 heteroatoms. The Hall–Kier alpha value is -1.78. The number of hydrogen-bond donors (Lipinski definition) is 2. The molecule has 0 aliphatic heterocycles. The fourth-order valence-corrected chi connectivity index (χ4v) is 3.10. The van der Waals surface area contributed by atoms with Crippen LogP contribution in [0.5, 0.6) is 5.88 Å². The zero-order valence-corrected chi connectivity index (χ0v) is 12.9. The van der Waals surface area contributed by atoms with Crippen LogP contribution < -0.4 is 10.5 Å². The number of aromatic nitrogens is 1. The summed E-state index contributed by atoms with van der Waals surface area (Å²) < 4.78 is 6.02. The van der Waals surface area contributed by atoms with Gasteiger partial charge in [0.15, 0.2) is 0 Å². The third-order valence-corrected chi connectivity index (χ3v) is 4.37. The van der Waals surface area contributed by atoms with E-state index in [4.69, 9.17) is 15.6 Å². The average Bonchev–Trinajstić information content (AvgIpc) is 2.40. The molecule has 1 aliphatic carbocycles. The molecule has 1 aromatic rings. The van der Waals surface area contributed by atoms with E-state index in [0.717, 1.165) is 12.8 Å². The third-order valence-electron chi connectivity index (χ3n) is 4.37. The number of ether oxygens (including phenoxy) is 1. The summed E-state index contributed by atoms with van der Waals surface area (Å²) in [6.45, 7) is 6.64. The van der Waals surface area contributed by atoms with Gasteiger partial charge in [0.2, 0.25) is 5.88 Å². The molecule has 0 bridgehead atoms. The van der Waals surface area contributed by atoms with Crippen LogP contribution in [0.25, 0.3) is 0 Å². The summed E-state index contributed by atoms with van der Waals surface area (Å²) in [4.78, 5) is 15.3. The Kier molecular flexibility index (Phi) is 4.70. The lowest BCUT2D eigenvalue weighted by molar-refractivity contribution is 0.0423. The molecule has 21 heavy (non-hydrogen) atoms. The molecular weight excluding hydrogens is 268 g/mol. The van der Waals surface area contributed by atoms with Crippen molar-refractivity contribution in [2.24, 2.45) is 17.8 Å². The monoisotopic (exact) mass is 292 g/mol. The highest BCUT2D eigenvalue weighted by Gasteiger charge is 2.32. The van der Waals surface area contributed by atoms with Gasteiger partial charge in [-0.15, -0.1) is 0 Å². The second-order valence-corrected chi connectivity index (χ2v) is 6.40. The van der Waals surface area contributed by atoms with Gasteiger partial charge < -0.3 is 15.6 Å². The predicted octanol–water partition coefficient (Wildman–Crippen LogP) is 3.20. The first-order valence-corrected chi connectivity index (χ1v) is 7.54. The molecule has 1 aliphatic rings. The highest BCUT2D eigenvalue weighted by atomic mass is 16.5. The van der Waals surface area contributed by atoms with E-state index >= 15 is 0 Å². The van der Waals surface area contributed by atoms with Crippen molar-refractivity contribution < 1.29 is 14.6 Å². The first-order chi connectivity index (χ1) is 9.88. The number of anilines is 1. The smallest absolute Gasteiger partial charge is 0.338 e. The summed E-state index contributed by atoms with van der Waals surface area (Å²) >= 11 is 0. The standard InChI is InChI=1S/C16H24N2O3/c1-9(2)11-5-4-10(3)6-14(11)21-15-7-12(16(19)20)13(17)8-18-15/h7-11,14H,4-6,17H2,1-3H3,(H,19,20). The van der Waals surface area contributed by atoms with Gasteiger partial charge in [-0.3, -0.25) is 0 Å². The fraction of sp³-hybridized carbons (Fsp3) is 0.625. The molecule has 1 aromatic heterocycles. The fourth-order valence-electron chi connectivity index (χ4n) is 3.10. The summed E-state index contributed by atoms with van der Waals surface area (Å²) in [7, 11) is 0. The molecule has 1 fully saturated rings. The van der Waals surface area contributed by atoms with Crippen molar-refractivity contribution in [2.45, 2.75) is 46.1 Å². The van der Waals surface area contributed by atoms with Crippen molar-refractivity contribution in [2.75, 3.05) is 5.73 Å². The van der Waals surface area contributed by atoms with Crippen molar-refractivity contribution in [1.29, 1.82) is 0 Å². The van der Waals surface area contributed by atoms with E-state index in [0.29, 0.717) is 23.6 Å². The molecule has 0 amide bonds. The van der Waals surface area contributed by atoms with E-state index in [-0.39, 0.29) is 17.4 Å². The van der Waals surface area contributed by atoms with E-state index in [1.54, 1.807) is 0 Å². The number of hydrogen-bond acceptors (Lipinski definition) is 4. The minimum Gasteiger partial charge on any atom is -0.478 e. The van der Waals surface area contributed by atoms with Crippen molar-refractivity contribution in [3.8, 4) is 5.88 Å². The van der Waals surface area contributed by atoms with Gasteiger partial charge >= 0.3 is 5.97 Å². The number of nitrogens with two attached hydrogens (primary N) is 1. The molecule has 0 radical (unpaired) electrons. The Morgan fingerprint density at radius 3 is 2.81 bits per heavy atom. The number of nitrogens with zero attached hydrogens (tertiary/aromatic N) is 1. The minimum absolute atomic E-state index is 0.0463. The van der Waals surface area contributed by atoms with Gasteiger partial charge in [0.05, 0.1) is 17.4 Å². The van der Waals surface area contributed by atoms with Crippen LogP contribution >= 0.6 is 0 Å². The SMILES string of the molecule is CC1CCC(C(C)C)C(Oc2cc(C(=O)O)c(N)cn2)C1. The maximum Gasteiger partial charge on any atom is 0.338 e. The Balaban J connectivity index is 2.18. The van der Waals surface area contributed by atoms with Crippen LogP contribution in [0.2, 0.25) is 0 Å². The molecule has 0 saturated heterocycles. The zero-order chi connectivity index (χ0) is 15.6. The van der Waals surface area contributed by atoms with Gasteiger partial charge in [0, 0.05) is 6.07 Å². The van der Waals surface area contributed by atoms with E-state index in [9.17, 15) is 4.79 Å². The van der Waals surface area contributed by atoms with Gasteiger partial charge in [-0.1, -0.05) is 27.2 Å². The maximum atomic E-state index is 11.1. The summed E-state index contributed by atoms with van der Waals surface area (Å²) in [5, 5.41) is 9.11. The quantitative estimate of drug-likeness (QED) is 0.890. The van der Waals surface area contributed by atoms with E-state index in [1.807, 2.05) is 0 Å². The van der Waals surface area contributed by atoms with Gasteiger partial charge in [-0.05, 0) is 30.6 Å². The van der Waals surface area contributed by atoms with Gasteiger partial charge in [0.25, 0.3) is 0 Å². The Morgan fingerprint density at radius 2 is 2.19 bits per heavy atom. The normalized spacial score (nSPS) is 25.8. The Bertz CT molecular complexity index is 516. The van der Waals surface area contributed by atoms with Gasteiger partial charge in [-0.25, -0.2) is 9.78 Å².